The molecule has 17 heavy (non-hydrogen) atoms. The largest absolute Gasteiger partial charge is 0.396 e. The van der Waals surface area contributed by atoms with E-state index in [-0.39, 0.29) is 5.82 Å². The molecular formula is C12H11ClFN3. The first-order valence-electron chi connectivity index (χ1n) is 5.04. The summed E-state index contributed by atoms with van der Waals surface area (Å²) in [5.41, 5.74) is 7.02. The van der Waals surface area contributed by atoms with E-state index in [4.69, 9.17) is 17.3 Å². The van der Waals surface area contributed by atoms with Crippen molar-refractivity contribution in [2.24, 2.45) is 0 Å². The van der Waals surface area contributed by atoms with Gasteiger partial charge in [-0.25, -0.2) is 9.37 Å². The normalized spacial score (nSPS) is 10.2. The van der Waals surface area contributed by atoms with Gasteiger partial charge in [-0.1, -0.05) is 23.7 Å². The minimum absolute atomic E-state index is 0.263. The Labute approximate surface area is 103 Å². The SMILES string of the molecule is Nc1cc(Cl)cnc1NCc1cccc(F)c1. The summed E-state index contributed by atoms with van der Waals surface area (Å²) in [5.74, 6) is 0.278. The number of hydrogen-bond acceptors (Lipinski definition) is 3. The fourth-order valence-corrected chi connectivity index (χ4v) is 1.60. The summed E-state index contributed by atoms with van der Waals surface area (Å²) in [7, 11) is 0. The number of rotatable bonds is 3. The van der Waals surface area contributed by atoms with E-state index in [1.54, 1.807) is 12.1 Å². The van der Waals surface area contributed by atoms with Crippen molar-refractivity contribution in [3.05, 3.63) is 52.9 Å². The minimum Gasteiger partial charge on any atom is -0.396 e. The van der Waals surface area contributed by atoms with Crippen LogP contribution in [0.25, 0.3) is 0 Å². The number of halogens is 2. The molecule has 0 radical (unpaired) electrons. The molecule has 88 valence electrons. The minimum atomic E-state index is -0.263. The van der Waals surface area contributed by atoms with E-state index in [2.05, 4.69) is 10.3 Å². The maximum atomic E-state index is 12.9. The zero-order valence-electron chi connectivity index (χ0n) is 8.95. The third kappa shape index (κ3) is 3.07. The standard InChI is InChI=1S/C12H11ClFN3/c13-9-5-11(15)12(17-7-9)16-6-8-2-1-3-10(14)4-8/h1-5,7H,6,15H2,(H,16,17). The van der Waals surface area contributed by atoms with Crippen molar-refractivity contribution in [1.82, 2.24) is 4.98 Å². The summed E-state index contributed by atoms with van der Waals surface area (Å²) in [5, 5.41) is 3.51. The Hall–Kier alpha value is -1.81. The molecule has 0 atom stereocenters. The monoisotopic (exact) mass is 251 g/mol. The van der Waals surface area contributed by atoms with E-state index in [1.165, 1.54) is 18.3 Å². The molecule has 1 heterocycles. The number of hydrogen-bond donors (Lipinski definition) is 2. The molecule has 0 saturated carbocycles. The average Bonchev–Trinajstić information content (AvgIpc) is 2.28. The summed E-state index contributed by atoms with van der Waals surface area (Å²) in [4.78, 5) is 4.05. The molecule has 0 unspecified atom stereocenters. The predicted molar refractivity (Wildman–Crippen MR) is 67.4 cm³/mol. The van der Waals surface area contributed by atoms with Crippen LogP contribution < -0.4 is 11.1 Å². The maximum Gasteiger partial charge on any atom is 0.149 e. The Bertz CT molecular complexity index is 531. The van der Waals surface area contributed by atoms with Gasteiger partial charge in [0.1, 0.15) is 11.6 Å². The zero-order valence-corrected chi connectivity index (χ0v) is 9.71. The van der Waals surface area contributed by atoms with Crippen molar-refractivity contribution in [2.45, 2.75) is 6.54 Å². The van der Waals surface area contributed by atoms with Crippen molar-refractivity contribution in [1.29, 1.82) is 0 Å². The Kier molecular flexibility index (Phi) is 3.44. The third-order valence-electron chi connectivity index (χ3n) is 2.23. The van der Waals surface area contributed by atoms with Crippen LogP contribution in [0.5, 0.6) is 0 Å². The number of aromatic nitrogens is 1. The van der Waals surface area contributed by atoms with Gasteiger partial charge in [-0.15, -0.1) is 0 Å². The van der Waals surface area contributed by atoms with Crippen LogP contribution >= 0.6 is 11.6 Å². The fraction of sp³-hybridized carbons (Fsp3) is 0.0833. The molecule has 0 saturated heterocycles. The van der Waals surface area contributed by atoms with Crippen LogP contribution in [0.15, 0.2) is 36.5 Å². The molecule has 0 spiro atoms. The number of anilines is 2. The van der Waals surface area contributed by atoms with Gasteiger partial charge in [-0.05, 0) is 23.8 Å². The summed E-state index contributed by atoms with van der Waals surface area (Å²) < 4.78 is 12.9. The van der Waals surface area contributed by atoms with Gasteiger partial charge in [0.2, 0.25) is 0 Å². The summed E-state index contributed by atoms with van der Waals surface area (Å²) in [6.45, 7) is 0.455. The highest BCUT2D eigenvalue weighted by Gasteiger charge is 2.01. The van der Waals surface area contributed by atoms with Gasteiger partial charge >= 0.3 is 0 Å². The average molecular weight is 252 g/mol. The molecule has 2 aromatic rings. The van der Waals surface area contributed by atoms with Crippen LogP contribution in [0.3, 0.4) is 0 Å². The predicted octanol–water partition coefficient (Wildman–Crippen LogP) is 3.07. The van der Waals surface area contributed by atoms with Crippen molar-refractivity contribution in [3.63, 3.8) is 0 Å². The molecule has 5 heteroatoms. The quantitative estimate of drug-likeness (QED) is 0.882. The first kappa shape index (κ1) is 11.7. The van der Waals surface area contributed by atoms with E-state index in [0.717, 1.165) is 5.56 Å². The van der Waals surface area contributed by atoms with Gasteiger partial charge in [-0.3, -0.25) is 0 Å². The molecule has 0 amide bonds. The van der Waals surface area contributed by atoms with Gasteiger partial charge in [0.15, 0.2) is 0 Å². The zero-order chi connectivity index (χ0) is 12.3. The third-order valence-corrected chi connectivity index (χ3v) is 2.44. The molecule has 3 N–H and O–H groups in total. The first-order valence-corrected chi connectivity index (χ1v) is 5.42. The second-order valence-electron chi connectivity index (χ2n) is 3.57. The molecule has 0 aliphatic carbocycles. The van der Waals surface area contributed by atoms with Crippen molar-refractivity contribution in [2.75, 3.05) is 11.1 Å². The highest BCUT2D eigenvalue weighted by molar-refractivity contribution is 6.30. The molecule has 1 aromatic carbocycles. The number of nitrogens with zero attached hydrogens (tertiary/aromatic N) is 1. The molecule has 0 aliphatic heterocycles. The Balaban J connectivity index is 2.07. The number of nitrogen functional groups attached to an aromatic ring is 1. The van der Waals surface area contributed by atoms with E-state index in [9.17, 15) is 4.39 Å². The van der Waals surface area contributed by atoms with Crippen LogP contribution in [0, 0.1) is 5.82 Å². The number of pyridine rings is 1. The molecule has 1 aromatic heterocycles. The molecule has 3 nitrogen and oxygen atoms in total. The van der Waals surface area contributed by atoms with Gasteiger partial charge in [0, 0.05) is 12.7 Å². The smallest absolute Gasteiger partial charge is 0.149 e. The fourth-order valence-electron chi connectivity index (χ4n) is 1.44. The highest BCUT2D eigenvalue weighted by Crippen LogP contribution is 2.19. The van der Waals surface area contributed by atoms with Gasteiger partial charge in [0.05, 0.1) is 10.7 Å². The first-order chi connectivity index (χ1) is 8.15. The lowest BCUT2D eigenvalue weighted by atomic mass is 10.2. The van der Waals surface area contributed by atoms with Gasteiger partial charge in [0.25, 0.3) is 0 Å². The lowest BCUT2D eigenvalue weighted by Crippen LogP contribution is -2.04. The topological polar surface area (TPSA) is 50.9 Å². The maximum absolute atomic E-state index is 12.9. The van der Waals surface area contributed by atoms with Crippen LogP contribution in [0.2, 0.25) is 5.02 Å². The summed E-state index contributed by atoms with van der Waals surface area (Å²) >= 11 is 5.74. The number of nitrogens with one attached hydrogen (secondary N) is 1. The van der Waals surface area contributed by atoms with Gasteiger partial charge in [-0.2, -0.15) is 0 Å². The second-order valence-corrected chi connectivity index (χ2v) is 4.01. The number of benzene rings is 1. The molecule has 0 bridgehead atoms. The van der Waals surface area contributed by atoms with Crippen molar-refractivity contribution < 1.29 is 4.39 Å². The van der Waals surface area contributed by atoms with E-state index in [1.807, 2.05) is 6.07 Å². The lowest BCUT2D eigenvalue weighted by Gasteiger charge is -2.08. The molecule has 0 fully saturated rings. The molecule has 2 rings (SSSR count). The van der Waals surface area contributed by atoms with Gasteiger partial charge < -0.3 is 11.1 Å². The van der Waals surface area contributed by atoms with E-state index >= 15 is 0 Å². The van der Waals surface area contributed by atoms with Crippen molar-refractivity contribution in [3.8, 4) is 0 Å². The van der Waals surface area contributed by atoms with Crippen LogP contribution in [0.4, 0.5) is 15.9 Å². The highest BCUT2D eigenvalue weighted by atomic mass is 35.5. The van der Waals surface area contributed by atoms with Crippen LogP contribution in [-0.2, 0) is 6.54 Å². The number of nitrogens with two attached hydrogens (primary N) is 1. The van der Waals surface area contributed by atoms with Crippen LogP contribution in [0.1, 0.15) is 5.56 Å². The Morgan fingerprint density at radius 3 is 2.88 bits per heavy atom. The molecular weight excluding hydrogens is 241 g/mol. The second kappa shape index (κ2) is 5.01. The summed E-state index contributed by atoms with van der Waals surface area (Å²) in [6, 6.07) is 7.95. The summed E-state index contributed by atoms with van der Waals surface area (Å²) in [6.07, 6.45) is 1.51. The Morgan fingerprint density at radius 2 is 2.18 bits per heavy atom. The Morgan fingerprint density at radius 1 is 1.35 bits per heavy atom. The van der Waals surface area contributed by atoms with Crippen LogP contribution in [-0.4, -0.2) is 4.98 Å². The lowest BCUT2D eigenvalue weighted by molar-refractivity contribution is 0.626. The van der Waals surface area contributed by atoms with E-state index in [0.29, 0.717) is 23.1 Å². The van der Waals surface area contributed by atoms with Crippen molar-refractivity contribution >= 4 is 23.1 Å². The van der Waals surface area contributed by atoms with E-state index < -0.39 is 0 Å². The molecule has 0 aliphatic rings.